The molecule has 33 heavy (non-hydrogen) atoms. The van der Waals surface area contributed by atoms with Gasteiger partial charge in [-0.1, -0.05) is 18.2 Å². The van der Waals surface area contributed by atoms with Gasteiger partial charge in [-0.05, 0) is 50.1 Å². The van der Waals surface area contributed by atoms with E-state index in [1.807, 2.05) is 0 Å². The number of benzene rings is 2. The molecule has 2 aromatic carbocycles. The Morgan fingerprint density at radius 2 is 2.03 bits per heavy atom. The van der Waals surface area contributed by atoms with E-state index in [0.717, 1.165) is 4.68 Å². The van der Waals surface area contributed by atoms with Gasteiger partial charge in [-0.15, -0.1) is 11.3 Å². The Hall–Kier alpha value is -4.14. The quantitative estimate of drug-likeness (QED) is 0.304. The van der Waals surface area contributed by atoms with Gasteiger partial charge in [-0.3, -0.25) is 4.79 Å². The number of carbonyl (C=O) groups excluding carboxylic acids is 1. The van der Waals surface area contributed by atoms with Crippen molar-refractivity contribution in [2.75, 3.05) is 13.7 Å². The fraction of sp³-hybridized carbons (Fsp3) is 0.250. The van der Waals surface area contributed by atoms with Crippen LogP contribution in [0.1, 0.15) is 25.0 Å². The maximum atomic E-state index is 12.7. The van der Waals surface area contributed by atoms with E-state index in [9.17, 15) is 14.4 Å². The van der Waals surface area contributed by atoms with Crippen molar-refractivity contribution < 1.29 is 19.0 Å². The summed E-state index contributed by atoms with van der Waals surface area (Å²) in [5, 5.41) is 4.43. The van der Waals surface area contributed by atoms with Crippen LogP contribution in [0, 0.1) is 0 Å². The average Bonchev–Trinajstić information content (AvgIpc) is 2.80. The lowest BCUT2D eigenvalue weighted by Gasteiger charge is -2.19. The van der Waals surface area contributed by atoms with Crippen LogP contribution in [0.4, 0.5) is 0 Å². The zero-order chi connectivity index (χ0) is 24.0. The first-order chi connectivity index (χ1) is 15.9. The van der Waals surface area contributed by atoms with Gasteiger partial charge in [0.2, 0.25) is 0 Å². The molecule has 0 aliphatic heterocycles. The van der Waals surface area contributed by atoms with E-state index >= 15 is 0 Å². The number of nitrogens with one attached hydrogen (secondary N) is 1. The fourth-order valence-corrected chi connectivity index (χ4v) is 3.22. The molecule has 1 aromatic heterocycles. The lowest BCUT2D eigenvalue weighted by molar-refractivity contribution is -0.150. The summed E-state index contributed by atoms with van der Waals surface area (Å²) >= 11 is 0. The van der Waals surface area contributed by atoms with Gasteiger partial charge < -0.3 is 19.2 Å². The zero-order valence-corrected chi connectivity index (χ0v) is 18.7. The molecule has 0 saturated carbocycles. The summed E-state index contributed by atoms with van der Waals surface area (Å²) in [5.74, 6) is 0.229. The summed E-state index contributed by atoms with van der Waals surface area (Å²) in [7, 11) is 1.47. The van der Waals surface area contributed by atoms with Crippen molar-refractivity contribution in [3.63, 3.8) is 0 Å². The van der Waals surface area contributed by atoms with Gasteiger partial charge in [0.15, 0.2) is 17.6 Å². The maximum Gasteiger partial charge on any atom is 0.349 e. The predicted octanol–water partition coefficient (Wildman–Crippen LogP) is 2.64. The van der Waals surface area contributed by atoms with E-state index in [1.165, 1.54) is 13.3 Å². The lowest BCUT2D eigenvalue weighted by Crippen LogP contribution is -2.32. The first-order valence-electron chi connectivity index (χ1n) is 10.3. The number of ether oxygens (including phenoxy) is 3. The summed E-state index contributed by atoms with van der Waals surface area (Å²) in [6.45, 7) is 7.30. The average molecular weight is 451 g/mol. The highest BCUT2D eigenvalue weighted by Gasteiger charge is 2.21. The Morgan fingerprint density at radius 3 is 2.73 bits per heavy atom. The monoisotopic (exact) mass is 451 g/mol. The number of para-hydroxylation sites is 1. The predicted molar refractivity (Wildman–Crippen MR) is 125 cm³/mol. The number of hydrogen-bond acceptors (Lipinski definition) is 7. The van der Waals surface area contributed by atoms with Crippen molar-refractivity contribution >= 4 is 23.1 Å². The molecule has 9 heteroatoms. The third-order valence-electron chi connectivity index (χ3n) is 4.76. The van der Waals surface area contributed by atoms with Gasteiger partial charge in [-0.25, -0.2) is 9.59 Å². The number of hydrogen-bond donors (Lipinski definition) is 1. The van der Waals surface area contributed by atoms with Crippen LogP contribution < -0.4 is 20.7 Å². The van der Waals surface area contributed by atoms with Crippen molar-refractivity contribution in [3.05, 3.63) is 81.0 Å². The van der Waals surface area contributed by atoms with Crippen LogP contribution >= 0.6 is 0 Å². The first-order valence-corrected chi connectivity index (χ1v) is 10.3. The van der Waals surface area contributed by atoms with Crippen LogP contribution in [0.3, 0.4) is 0 Å². The Kier molecular flexibility index (Phi) is 7.45. The van der Waals surface area contributed by atoms with Gasteiger partial charge in [0.25, 0.3) is 5.56 Å². The molecule has 0 saturated heterocycles. The number of esters is 1. The number of H-pyrrole nitrogens is 1. The highest BCUT2D eigenvalue weighted by atomic mass is 16.6. The molecule has 0 radical (unpaired) electrons. The van der Waals surface area contributed by atoms with E-state index in [2.05, 4.69) is 16.7 Å². The van der Waals surface area contributed by atoms with Crippen molar-refractivity contribution in [2.45, 2.75) is 26.4 Å². The second kappa shape index (κ2) is 10.4. The number of nitrogens with zero attached hydrogens (tertiary/aromatic N) is 2. The van der Waals surface area contributed by atoms with Crippen LogP contribution in [0.15, 0.2) is 63.7 Å². The largest absolute Gasteiger partial charge is 0.493 e. The summed E-state index contributed by atoms with van der Waals surface area (Å²) in [5.41, 5.74) is 0.482. The van der Waals surface area contributed by atoms with E-state index in [1.54, 1.807) is 56.3 Å². The highest BCUT2D eigenvalue weighted by molar-refractivity contribution is 5.82. The second-order valence-corrected chi connectivity index (χ2v) is 7.05. The molecule has 3 rings (SSSR count). The van der Waals surface area contributed by atoms with Gasteiger partial charge in [0.1, 0.15) is 0 Å². The second-order valence-electron chi connectivity index (χ2n) is 7.05. The number of aromatic amines is 1. The van der Waals surface area contributed by atoms with Gasteiger partial charge in [0, 0.05) is 5.56 Å². The summed E-state index contributed by atoms with van der Waals surface area (Å²) in [6, 6.07) is 10.1. The van der Waals surface area contributed by atoms with E-state index in [0.29, 0.717) is 39.9 Å². The summed E-state index contributed by atoms with van der Waals surface area (Å²) in [6.07, 6.45) is 2.62. The SMILES string of the molecule is C=CCc1cc(C=Nn2c(=O)[nH]c3ccccc3c2=O)cc(OC)c1O[C@H](C)C(=O)OCC. The normalized spacial score (nSPS) is 12.0. The Balaban J connectivity index is 2.02. The Labute approximate surface area is 189 Å². The number of allylic oxidation sites excluding steroid dienone is 1. The summed E-state index contributed by atoms with van der Waals surface area (Å²) < 4.78 is 17.1. The molecule has 1 heterocycles. The minimum absolute atomic E-state index is 0.242. The van der Waals surface area contributed by atoms with E-state index in [-0.39, 0.29) is 6.61 Å². The van der Waals surface area contributed by atoms with Crippen LogP contribution in [-0.4, -0.2) is 41.7 Å². The molecule has 0 aliphatic carbocycles. The van der Waals surface area contributed by atoms with Crippen LogP contribution in [0.5, 0.6) is 11.5 Å². The number of carbonyl (C=O) groups is 1. The van der Waals surface area contributed by atoms with Crippen molar-refractivity contribution in [1.82, 2.24) is 9.66 Å². The van der Waals surface area contributed by atoms with Crippen molar-refractivity contribution in [3.8, 4) is 11.5 Å². The van der Waals surface area contributed by atoms with Crippen molar-refractivity contribution in [2.24, 2.45) is 5.10 Å². The highest BCUT2D eigenvalue weighted by Crippen LogP contribution is 2.34. The number of aromatic nitrogens is 2. The maximum absolute atomic E-state index is 12.7. The number of rotatable bonds is 9. The van der Waals surface area contributed by atoms with Gasteiger partial charge in [-0.2, -0.15) is 5.10 Å². The molecule has 0 aliphatic rings. The minimum atomic E-state index is -0.850. The molecule has 172 valence electrons. The number of fused-ring (bicyclic) bond motifs is 1. The number of methoxy groups -OCH3 is 1. The molecule has 3 aromatic rings. The first kappa shape index (κ1) is 23.5. The molecular formula is C24H25N3O6. The van der Waals surface area contributed by atoms with Crippen LogP contribution in [-0.2, 0) is 16.0 Å². The zero-order valence-electron chi connectivity index (χ0n) is 18.7. The van der Waals surface area contributed by atoms with Crippen molar-refractivity contribution in [1.29, 1.82) is 0 Å². The topological polar surface area (TPSA) is 112 Å². The summed E-state index contributed by atoms with van der Waals surface area (Å²) in [4.78, 5) is 39.7. The molecule has 1 N–H and O–H groups in total. The molecule has 0 amide bonds. The van der Waals surface area contributed by atoms with E-state index in [4.69, 9.17) is 14.2 Å². The van der Waals surface area contributed by atoms with Gasteiger partial charge in [0.05, 0.1) is 30.8 Å². The molecule has 0 fully saturated rings. The van der Waals surface area contributed by atoms with Gasteiger partial charge >= 0.3 is 11.7 Å². The molecule has 0 bridgehead atoms. The molecule has 0 spiro atoms. The fourth-order valence-electron chi connectivity index (χ4n) is 3.22. The van der Waals surface area contributed by atoms with Crippen LogP contribution in [0.2, 0.25) is 0 Å². The Bertz CT molecular complexity index is 1320. The molecular weight excluding hydrogens is 426 g/mol. The third-order valence-corrected chi connectivity index (χ3v) is 4.76. The minimum Gasteiger partial charge on any atom is -0.493 e. The van der Waals surface area contributed by atoms with E-state index < -0.39 is 23.3 Å². The Morgan fingerprint density at radius 1 is 1.27 bits per heavy atom. The molecule has 1 atom stereocenters. The standard InChI is InChI=1S/C24H25N3O6/c1-5-9-17-12-16(13-20(31-4)21(17)33-15(3)23(29)32-6-2)14-25-27-22(28)18-10-7-8-11-19(18)26-24(27)30/h5,7-8,10-15H,1,6,9H2,2-4H3,(H,26,30)/t15-/m1/s1. The van der Waals surface area contributed by atoms with Crippen LogP contribution in [0.25, 0.3) is 10.9 Å². The third kappa shape index (κ3) is 5.20. The molecule has 0 unspecified atom stereocenters. The smallest absolute Gasteiger partial charge is 0.349 e. The molecule has 9 nitrogen and oxygen atoms in total. The lowest BCUT2D eigenvalue weighted by atomic mass is 10.1.